The molecule has 0 amide bonds. The van der Waals surface area contributed by atoms with Gasteiger partial charge in [-0.25, -0.2) is 0 Å². The number of hydrogen-bond donors (Lipinski definition) is 2. The summed E-state index contributed by atoms with van der Waals surface area (Å²) >= 11 is 0. The van der Waals surface area contributed by atoms with Crippen LogP contribution in [0.3, 0.4) is 0 Å². The number of nitrogens with one attached hydrogen (secondary N) is 1. The van der Waals surface area contributed by atoms with Crippen LogP contribution in [-0.2, 0) is 12.8 Å². The molecular weight excluding hydrogens is 246 g/mol. The summed E-state index contributed by atoms with van der Waals surface area (Å²) in [5.74, 6) is 0.892. The van der Waals surface area contributed by atoms with E-state index < -0.39 is 0 Å². The number of phenols is 1. The summed E-state index contributed by atoms with van der Waals surface area (Å²) in [5.41, 5.74) is 2.57. The maximum Gasteiger partial charge on any atom is 0.115 e. The Morgan fingerprint density at radius 1 is 0.950 bits per heavy atom. The Labute approximate surface area is 121 Å². The summed E-state index contributed by atoms with van der Waals surface area (Å²) in [6.07, 6.45) is 2.04. The zero-order chi connectivity index (χ0) is 14.2. The van der Waals surface area contributed by atoms with Crippen molar-refractivity contribution in [3.8, 4) is 5.75 Å². The highest BCUT2D eigenvalue weighted by atomic mass is 16.3. The van der Waals surface area contributed by atoms with E-state index in [1.807, 2.05) is 12.1 Å². The Kier molecular flexibility index (Phi) is 5.63. The van der Waals surface area contributed by atoms with Crippen LogP contribution in [0.15, 0.2) is 54.6 Å². The SMILES string of the molecule is CCNCC(Cc1ccccc1)Cc1cccc(O)c1. The molecule has 0 aliphatic rings. The van der Waals surface area contributed by atoms with Gasteiger partial charge in [0.2, 0.25) is 0 Å². The van der Waals surface area contributed by atoms with Gasteiger partial charge >= 0.3 is 0 Å². The Balaban J connectivity index is 2.03. The number of rotatable bonds is 7. The van der Waals surface area contributed by atoms with Crippen LogP contribution in [0.4, 0.5) is 0 Å². The van der Waals surface area contributed by atoms with E-state index >= 15 is 0 Å². The second-order valence-electron chi connectivity index (χ2n) is 5.24. The van der Waals surface area contributed by atoms with Gasteiger partial charge < -0.3 is 10.4 Å². The van der Waals surface area contributed by atoms with E-state index in [1.54, 1.807) is 6.07 Å². The predicted molar refractivity (Wildman–Crippen MR) is 84.0 cm³/mol. The topological polar surface area (TPSA) is 32.3 Å². The van der Waals surface area contributed by atoms with Crippen molar-refractivity contribution in [2.24, 2.45) is 5.92 Å². The molecule has 0 spiro atoms. The van der Waals surface area contributed by atoms with E-state index in [4.69, 9.17) is 0 Å². The minimum absolute atomic E-state index is 0.351. The van der Waals surface area contributed by atoms with Crippen molar-refractivity contribution in [2.75, 3.05) is 13.1 Å². The molecule has 0 aliphatic heterocycles. The second kappa shape index (κ2) is 7.71. The average molecular weight is 269 g/mol. The fourth-order valence-electron chi connectivity index (χ4n) is 2.53. The van der Waals surface area contributed by atoms with E-state index in [0.717, 1.165) is 25.9 Å². The largest absolute Gasteiger partial charge is 0.508 e. The lowest BCUT2D eigenvalue weighted by molar-refractivity contribution is 0.465. The third-order valence-electron chi connectivity index (χ3n) is 3.49. The molecule has 0 saturated heterocycles. The zero-order valence-corrected chi connectivity index (χ0v) is 12.0. The van der Waals surface area contributed by atoms with Gasteiger partial charge in [0.25, 0.3) is 0 Å². The van der Waals surface area contributed by atoms with Gasteiger partial charge in [0.05, 0.1) is 0 Å². The summed E-state index contributed by atoms with van der Waals surface area (Å²) in [5, 5.41) is 13.0. The molecule has 0 radical (unpaired) electrons. The Hall–Kier alpha value is -1.80. The fraction of sp³-hybridized carbons (Fsp3) is 0.333. The monoisotopic (exact) mass is 269 g/mol. The van der Waals surface area contributed by atoms with Gasteiger partial charge in [-0.1, -0.05) is 49.4 Å². The standard InChI is InChI=1S/C18H23NO/c1-2-19-14-17(11-15-7-4-3-5-8-15)12-16-9-6-10-18(20)13-16/h3-10,13,17,19-20H,2,11-12,14H2,1H3. The van der Waals surface area contributed by atoms with Gasteiger partial charge in [0.15, 0.2) is 0 Å². The molecule has 2 heteroatoms. The molecule has 2 aromatic carbocycles. The molecule has 0 fully saturated rings. The first-order chi connectivity index (χ1) is 9.78. The molecular formula is C18H23NO. The molecule has 2 nitrogen and oxygen atoms in total. The van der Waals surface area contributed by atoms with E-state index in [1.165, 1.54) is 11.1 Å². The number of phenolic OH excluding ortho intramolecular Hbond substituents is 1. The molecule has 1 atom stereocenters. The zero-order valence-electron chi connectivity index (χ0n) is 12.0. The Bertz CT molecular complexity index is 510. The maximum atomic E-state index is 9.58. The number of hydrogen-bond acceptors (Lipinski definition) is 2. The van der Waals surface area contributed by atoms with Crippen LogP contribution in [0.5, 0.6) is 5.75 Å². The predicted octanol–water partition coefficient (Wildman–Crippen LogP) is 3.40. The minimum atomic E-state index is 0.351. The van der Waals surface area contributed by atoms with Crippen molar-refractivity contribution in [1.29, 1.82) is 0 Å². The van der Waals surface area contributed by atoms with E-state index in [2.05, 4.69) is 48.6 Å². The first kappa shape index (κ1) is 14.6. The lowest BCUT2D eigenvalue weighted by Gasteiger charge is -2.18. The molecule has 0 aromatic heterocycles. The molecule has 2 N–H and O–H groups in total. The lowest BCUT2D eigenvalue weighted by Crippen LogP contribution is -2.25. The lowest BCUT2D eigenvalue weighted by atomic mass is 9.92. The molecule has 2 rings (SSSR count). The molecule has 1 unspecified atom stereocenters. The van der Waals surface area contributed by atoms with Gasteiger partial charge in [0.1, 0.15) is 5.75 Å². The second-order valence-corrected chi connectivity index (χ2v) is 5.24. The van der Waals surface area contributed by atoms with Gasteiger partial charge in [0, 0.05) is 0 Å². The van der Waals surface area contributed by atoms with Crippen LogP contribution < -0.4 is 5.32 Å². The van der Waals surface area contributed by atoms with Crippen LogP contribution in [0.25, 0.3) is 0 Å². The summed E-state index contributed by atoms with van der Waals surface area (Å²) in [6, 6.07) is 18.2. The quantitative estimate of drug-likeness (QED) is 0.807. The molecule has 0 bridgehead atoms. The third-order valence-corrected chi connectivity index (χ3v) is 3.49. The first-order valence-electron chi connectivity index (χ1n) is 7.30. The Morgan fingerprint density at radius 2 is 1.65 bits per heavy atom. The summed E-state index contributed by atoms with van der Waals surface area (Å²) in [7, 11) is 0. The van der Waals surface area contributed by atoms with Gasteiger partial charge in [-0.3, -0.25) is 0 Å². The molecule has 0 aliphatic carbocycles. The Morgan fingerprint density at radius 3 is 2.35 bits per heavy atom. The van der Waals surface area contributed by atoms with Gasteiger partial charge in [-0.15, -0.1) is 0 Å². The van der Waals surface area contributed by atoms with E-state index in [-0.39, 0.29) is 0 Å². The van der Waals surface area contributed by atoms with Crippen molar-refractivity contribution in [3.63, 3.8) is 0 Å². The summed E-state index contributed by atoms with van der Waals surface area (Å²) in [4.78, 5) is 0. The summed E-state index contributed by atoms with van der Waals surface area (Å²) in [6.45, 7) is 4.13. The van der Waals surface area contributed by atoms with Crippen molar-refractivity contribution in [2.45, 2.75) is 19.8 Å². The molecule has 2 aromatic rings. The normalized spacial score (nSPS) is 12.2. The number of benzene rings is 2. The van der Waals surface area contributed by atoms with Crippen LogP contribution in [-0.4, -0.2) is 18.2 Å². The average Bonchev–Trinajstić information content (AvgIpc) is 2.46. The highest BCUT2D eigenvalue weighted by molar-refractivity contribution is 5.27. The van der Waals surface area contributed by atoms with Crippen LogP contribution >= 0.6 is 0 Å². The molecule has 106 valence electrons. The van der Waals surface area contributed by atoms with Crippen LogP contribution in [0.2, 0.25) is 0 Å². The highest BCUT2D eigenvalue weighted by Gasteiger charge is 2.10. The van der Waals surface area contributed by atoms with Crippen LogP contribution in [0.1, 0.15) is 18.1 Å². The first-order valence-corrected chi connectivity index (χ1v) is 7.30. The smallest absolute Gasteiger partial charge is 0.115 e. The van der Waals surface area contributed by atoms with Crippen molar-refractivity contribution in [3.05, 3.63) is 65.7 Å². The third kappa shape index (κ3) is 4.71. The minimum Gasteiger partial charge on any atom is -0.508 e. The van der Waals surface area contributed by atoms with Crippen molar-refractivity contribution in [1.82, 2.24) is 5.32 Å². The highest BCUT2D eigenvalue weighted by Crippen LogP contribution is 2.17. The van der Waals surface area contributed by atoms with Crippen molar-refractivity contribution >= 4 is 0 Å². The maximum absolute atomic E-state index is 9.58. The van der Waals surface area contributed by atoms with E-state index in [0.29, 0.717) is 11.7 Å². The van der Waals surface area contributed by atoms with Crippen molar-refractivity contribution < 1.29 is 5.11 Å². The summed E-state index contributed by atoms with van der Waals surface area (Å²) < 4.78 is 0. The van der Waals surface area contributed by atoms with E-state index in [9.17, 15) is 5.11 Å². The van der Waals surface area contributed by atoms with Gasteiger partial charge in [-0.2, -0.15) is 0 Å². The fourth-order valence-corrected chi connectivity index (χ4v) is 2.53. The molecule has 0 saturated carbocycles. The number of aromatic hydroxyl groups is 1. The van der Waals surface area contributed by atoms with Gasteiger partial charge in [-0.05, 0) is 55.1 Å². The molecule has 20 heavy (non-hydrogen) atoms. The molecule has 0 heterocycles. The van der Waals surface area contributed by atoms with Crippen LogP contribution in [0, 0.1) is 5.92 Å².